The zero-order valence-corrected chi connectivity index (χ0v) is 16.7. The van der Waals surface area contributed by atoms with Crippen molar-refractivity contribution in [3.05, 3.63) is 29.8 Å². The van der Waals surface area contributed by atoms with Crippen LogP contribution in [0.15, 0.2) is 24.3 Å². The molecule has 2 heterocycles. The van der Waals surface area contributed by atoms with Crippen molar-refractivity contribution in [2.75, 3.05) is 26.3 Å². The number of aromatic hydroxyl groups is 1. The maximum atomic E-state index is 13.1. The van der Waals surface area contributed by atoms with Gasteiger partial charge >= 0.3 is 0 Å². The summed E-state index contributed by atoms with van der Waals surface area (Å²) in [7, 11) is 0. The Hall–Kier alpha value is -2.04. The van der Waals surface area contributed by atoms with Gasteiger partial charge in [-0.05, 0) is 31.0 Å². The van der Waals surface area contributed by atoms with Crippen LogP contribution in [-0.2, 0) is 25.5 Å². The third-order valence-electron chi connectivity index (χ3n) is 5.38. The van der Waals surface area contributed by atoms with Crippen molar-refractivity contribution in [3.8, 4) is 5.75 Å². The molecule has 9 heteroatoms. The van der Waals surface area contributed by atoms with Crippen molar-refractivity contribution >= 4 is 11.8 Å². The van der Waals surface area contributed by atoms with Crippen LogP contribution in [0.4, 0.5) is 0 Å². The first-order valence-corrected chi connectivity index (χ1v) is 9.96. The third kappa shape index (κ3) is 5.12. The van der Waals surface area contributed by atoms with E-state index in [4.69, 9.17) is 20.9 Å². The summed E-state index contributed by atoms with van der Waals surface area (Å²) >= 11 is 0. The van der Waals surface area contributed by atoms with Crippen LogP contribution in [0.25, 0.3) is 0 Å². The fourth-order valence-corrected chi connectivity index (χ4v) is 3.67. The quantitative estimate of drug-likeness (QED) is 0.511. The van der Waals surface area contributed by atoms with E-state index in [1.807, 2.05) is 0 Å². The molecule has 29 heavy (non-hydrogen) atoms. The number of phenolic OH excluding ortho intramolecular Hbond substituents is 1. The van der Waals surface area contributed by atoms with E-state index in [1.54, 1.807) is 12.1 Å². The van der Waals surface area contributed by atoms with Crippen LogP contribution in [0.1, 0.15) is 25.3 Å². The van der Waals surface area contributed by atoms with Crippen LogP contribution in [0, 0.1) is 0 Å². The molecule has 1 spiro atoms. The van der Waals surface area contributed by atoms with Crippen LogP contribution in [0.5, 0.6) is 5.75 Å². The number of nitrogens with one attached hydrogen (secondary N) is 1. The molecule has 2 fully saturated rings. The molecule has 0 bridgehead atoms. The summed E-state index contributed by atoms with van der Waals surface area (Å²) in [5.74, 6) is -1.54. The molecular weight excluding hydrogens is 376 g/mol. The third-order valence-corrected chi connectivity index (χ3v) is 5.38. The second-order valence-electron chi connectivity index (χ2n) is 7.75. The Labute approximate surface area is 170 Å². The van der Waals surface area contributed by atoms with Crippen molar-refractivity contribution in [1.82, 2.24) is 10.2 Å². The Balaban J connectivity index is 1.70. The van der Waals surface area contributed by atoms with Gasteiger partial charge in [-0.15, -0.1) is 0 Å². The Morgan fingerprint density at radius 1 is 1.17 bits per heavy atom. The molecule has 0 radical (unpaired) electrons. The first kappa shape index (κ1) is 21.7. The maximum Gasteiger partial charge on any atom is 0.246 e. The van der Waals surface area contributed by atoms with E-state index in [0.29, 0.717) is 0 Å². The van der Waals surface area contributed by atoms with Crippen molar-refractivity contribution in [3.63, 3.8) is 0 Å². The van der Waals surface area contributed by atoms with Crippen LogP contribution < -0.4 is 16.8 Å². The van der Waals surface area contributed by atoms with E-state index in [-0.39, 0.29) is 25.4 Å². The average molecular weight is 406 g/mol. The summed E-state index contributed by atoms with van der Waals surface area (Å²) in [6.07, 6.45) is 1.66. The number of piperidine rings is 1. The number of hydrogen-bond donors (Lipinski definition) is 4. The van der Waals surface area contributed by atoms with Gasteiger partial charge in [0.05, 0.1) is 31.3 Å². The van der Waals surface area contributed by atoms with Crippen LogP contribution in [0.3, 0.4) is 0 Å². The molecule has 0 aromatic heterocycles. The largest absolute Gasteiger partial charge is 0.508 e. The van der Waals surface area contributed by atoms with Gasteiger partial charge in [0.25, 0.3) is 0 Å². The van der Waals surface area contributed by atoms with Crippen molar-refractivity contribution < 1.29 is 24.2 Å². The highest BCUT2D eigenvalue weighted by molar-refractivity contribution is 6.00. The van der Waals surface area contributed by atoms with Gasteiger partial charge in [-0.3, -0.25) is 14.5 Å². The Bertz CT molecular complexity index is 708. The number of nitrogens with zero attached hydrogens (tertiary/aromatic N) is 1. The highest BCUT2D eigenvalue weighted by atomic mass is 16.7. The van der Waals surface area contributed by atoms with Gasteiger partial charge in [-0.25, -0.2) is 0 Å². The lowest BCUT2D eigenvalue weighted by atomic mass is 10.0. The topological polar surface area (TPSA) is 140 Å². The number of benzene rings is 1. The molecule has 1 aromatic rings. The minimum absolute atomic E-state index is 0.130. The van der Waals surface area contributed by atoms with Gasteiger partial charge in [0.2, 0.25) is 11.8 Å². The molecule has 9 nitrogen and oxygen atoms in total. The molecule has 2 aliphatic heterocycles. The predicted molar refractivity (Wildman–Crippen MR) is 106 cm³/mol. The van der Waals surface area contributed by atoms with Crippen molar-refractivity contribution in [2.45, 2.75) is 50.1 Å². The molecule has 2 aliphatic rings. The number of carbonyl (C=O) groups excluding carboxylic acids is 2. The molecule has 160 valence electrons. The zero-order valence-electron chi connectivity index (χ0n) is 16.7. The normalized spacial score (nSPS) is 21.5. The van der Waals surface area contributed by atoms with Crippen LogP contribution >= 0.6 is 0 Å². The van der Waals surface area contributed by atoms with E-state index in [1.165, 1.54) is 19.1 Å². The average Bonchev–Trinajstić information content (AvgIpc) is 2.71. The first-order chi connectivity index (χ1) is 13.8. The molecule has 1 aromatic carbocycles. The Morgan fingerprint density at radius 2 is 1.76 bits per heavy atom. The summed E-state index contributed by atoms with van der Waals surface area (Å²) in [5, 5.41) is 12.7. The predicted octanol–water partition coefficient (Wildman–Crippen LogP) is -0.540. The molecule has 0 saturated carbocycles. The maximum absolute atomic E-state index is 13.1. The number of amides is 2. The van der Waals surface area contributed by atoms with Crippen molar-refractivity contribution in [1.29, 1.82) is 0 Å². The number of carbonyl (C=O) groups is 2. The number of phenols is 1. The van der Waals surface area contributed by atoms with Gasteiger partial charge in [-0.1, -0.05) is 12.1 Å². The number of imide groups is 1. The van der Waals surface area contributed by atoms with Gasteiger partial charge in [0.1, 0.15) is 5.75 Å². The van der Waals surface area contributed by atoms with Gasteiger partial charge in [0, 0.05) is 25.9 Å². The lowest BCUT2D eigenvalue weighted by Gasteiger charge is -2.45. The SMILES string of the molecule is C[C@H](N)C(=O)N(C(=O)[C@@H](N)Cc1ccc(O)cc1)C1COC2(CCNCC2)OC1. The molecule has 2 saturated heterocycles. The number of rotatable bonds is 5. The summed E-state index contributed by atoms with van der Waals surface area (Å²) in [6, 6.07) is 4.07. The second-order valence-corrected chi connectivity index (χ2v) is 7.75. The lowest BCUT2D eigenvalue weighted by molar-refractivity contribution is -0.291. The van der Waals surface area contributed by atoms with Gasteiger partial charge in [0.15, 0.2) is 5.79 Å². The standard InChI is InChI=1S/C20H30N4O5/c1-13(21)18(26)24(15-11-28-20(29-12-15)6-8-23-9-7-20)19(27)17(22)10-14-2-4-16(25)5-3-14/h2-5,13,15,17,23,25H,6-12,21-22H2,1H3/t13-,17-/m0/s1. The van der Waals surface area contributed by atoms with E-state index in [2.05, 4.69) is 5.32 Å². The van der Waals surface area contributed by atoms with Crippen LogP contribution in [0.2, 0.25) is 0 Å². The van der Waals surface area contributed by atoms with E-state index < -0.39 is 35.7 Å². The molecular formula is C20H30N4O5. The first-order valence-electron chi connectivity index (χ1n) is 9.96. The van der Waals surface area contributed by atoms with Crippen molar-refractivity contribution in [2.24, 2.45) is 11.5 Å². The summed E-state index contributed by atoms with van der Waals surface area (Å²) in [5.41, 5.74) is 12.7. The summed E-state index contributed by atoms with van der Waals surface area (Å²) < 4.78 is 11.9. The van der Waals surface area contributed by atoms with E-state index >= 15 is 0 Å². The lowest BCUT2D eigenvalue weighted by Crippen LogP contribution is -2.62. The smallest absolute Gasteiger partial charge is 0.246 e. The van der Waals surface area contributed by atoms with Gasteiger partial charge < -0.3 is 31.4 Å². The number of nitrogens with two attached hydrogens (primary N) is 2. The fraction of sp³-hybridized carbons (Fsp3) is 0.600. The zero-order chi connectivity index (χ0) is 21.0. The molecule has 0 unspecified atom stereocenters. The molecule has 0 aliphatic carbocycles. The highest BCUT2D eigenvalue weighted by Crippen LogP contribution is 2.30. The molecule has 3 rings (SSSR count). The second kappa shape index (κ2) is 9.19. The van der Waals surface area contributed by atoms with E-state index in [0.717, 1.165) is 36.4 Å². The monoisotopic (exact) mass is 406 g/mol. The summed E-state index contributed by atoms with van der Waals surface area (Å²) in [4.78, 5) is 26.9. The number of hydrogen-bond acceptors (Lipinski definition) is 8. The minimum atomic E-state index is -0.933. The molecule has 2 amide bonds. The van der Waals surface area contributed by atoms with E-state index in [9.17, 15) is 14.7 Å². The molecule has 2 atom stereocenters. The van der Waals surface area contributed by atoms with Crippen LogP contribution in [-0.4, -0.2) is 72.0 Å². The molecule has 6 N–H and O–H groups in total. The summed E-state index contributed by atoms with van der Waals surface area (Å²) in [6.45, 7) is 3.51. The van der Waals surface area contributed by atoms with Gasteiger partial charge in [-0.2, -0.15) is 0 Å². The number of ether oxygens (including phenoxy) is 2. The highest BCUT2D eigenvalue weighted by Gasteiger charge is 2.43. The Kier molecular flexibility index (Phi) is 6.86. The minimum Gasteiger partial charge on any atom is -0.508 e. The fourth-order valence-electron chi connectivity index (χ4n) is 3.67. The Morgan fingerprint density at radius 3 is 2.31 bits per heavy atom.